The van der Waals surface area contributed by atoms with Gasteiger partial charge in [0.25, 0.3) is 0 Å². The van der Waals surface area contributed by atoms with Gasteiger partial charge in [-0.1, -0.05) is 19.1 Å². The zero-order valence-corrected chi connectivity index (χ0v) is 10.3. The van der Waals surface area contributed by atoms with Gasteiger partial charge >= 0.3 is 0 Å². The molecule has 18 heavy (non-hydrogen) atoms. The molecule has 2 aromatic rings. The molecule has 1 aromatic carbocycles. The molecule has 2 N–H and O–H groups in total. The summed E-state index contributed by atoms with van der Waals surface area (Å²) >= 11 is 0. The summed E-state index contributed by atoms with van der Waals surface area (Å²) in [6.45, 7) is 2.65. The molecule has 0 saturated heterocycles. The molecule has 0 radical (unpaired) electrons. The van der Waals surface area contributed by atoms with Crippen LogP contribution in [0.1, 0.15) is 25.1 Å². The topological polar surface area (TPSA) is 51.8 Å². The lowest BCUT2D eigenvalue weighted by Gasteiger charge is -2.09. The normalized spacial score (nSPS) is 12.4. The molecule has 0 spiro atoms. The molecule has 0 fully saturated rings. The van der Waals surface area contributed by atoms with Crippen LogP contribution in [0.4, 0.5) is 4.39 Å². The third kappa shape index (κ3) is 2.90. The van der Waals surface area contributed by atoms with Crippen LogP contribution in [-0.2, 0) is 0 Å². The van der Waals surface area contributed by atoms with E-state index in [0.717, 1.165) is 23.5 Å². The van der Waals surface area contributed by atoms with Gasteiger partial charge in [0.15, 0.2) is 0 Å². The first-order valence-corrected chi connectivity index (χ1v) is 5.99. The number of hydrogen-bond acceptors (Lipinski definition) is 3. The van der Waals surface area contributed by atoms with E-state index < -0.39 is 0 Å². The van der Waals surface area contributed by atoms with Gasteiger partial charge in [-0.2, -0.15) is 0 Å². The van der Waals surface area contributed by atoms with Gasteiger partial charge in [0.05, 0.1) is 5.69 Å². The van der Waals surface area contributed by atoms with E-state index >= 15 is 0 Å². The average Bonchev–Trinajstić information content (AvgIpc) is 2.39. The van der Waals surface area contributed by atoms with Crippen LogP contribution < -0.4 is 5.73 Å². The van der Waals surface area contributed by atoms with Crippen molar-refractivity contribution in [2.75, 3.05) is 6.54 Å². The molecular formula is C14H16FN3. The minimum absolute atomic E-state index is 0.212. The summed E-state index contributed by atoms with van der Waals surface area (Å²) in [6.07, 6.45) is 2.54. The first-order chi connectivity index (χ1) is 8.70. The van der Waals surface area contributed by atoms with Crippen molar-refractivity contribution in [2.45, 2.75) is 19.3 Å². The largest absolute Gasteiger partial charge is 0.330 e. The fraction of sp³-hybridized carbons (Fsp3) is 0.286. The maximum absolute atomic E-state index is 13.2. The van der Waals surface area contributed by atoms with Crippen molar-refractivity contribution in [1.82, 2.24) is 9.97 Å². The number of nitrogens with zero attached hydrogens (tertiary/aromatic N) is 2. The smallest absolute Gasteiger partial charge is 0.131 e. The van der Waals surface area contributed by atoms with Crippen LogP contribution in [0.5, 0.6) is 0 Å². The molecule has 1 atom stereocenters. The predicted octanol–water partition coefficient (Wildman–Crippen LogP) is 2.74. The Kier molecular flexibility index (Phi) is 3.99. The third-order valence-electron chi connectivity index (χ3n) is 2.84. The van der Waals surface area contributed by atoms with Gasteiger partial charge in [-0.05, 0) is 31.2 Å². The molecule has 0 amide bonds. The van der Waals surface area contributed by atoms with Gasteiger partial charge in [-0.15, -0.1) is 0 Å². The van der Waals surface area contributed by atoms with E-state index in [1.54, 1.807) is 18.3 Å². The van der Waals surface area contributed by atoms with E-state index in [2.05, 4.69) is 9.97 Å². The lowest BCUT2D eigenvalue weighted by atomic mass is 10.1. The summed E-state index contributed by atoms with van der Waals surface area (Å²) in [6, 6.07) is 8.19. The minimum Gasteiger partial charge on any atom is -0.330 e. The highest BCUT2D eigenvalue weighted by atomic mass is 19.1. The van der Waals surface area contributed by atoms with E-state index in [1.807, 2.05) is 13.0 Å². The first-order valence-electron chi connectivity index (χ1n) is 5.99. The van der Waals surface area contributed by atoms with Crippen LogP contribution in [-0.4, -0.2) is 16.5 Å². The first kappa shape index (κ1) is 12.6. The molecule has 3 nitrogen and oxygen atoms in total. The highest BCUT2D eigenvalue weighted by Crippen LogP contribution is 2.20. The molecule has 0 aliphatic rings. The Balaban J connectivity index is 2.32. The number of benzene rings is 1. The number of hydrogen-bond donors (Lipinski definition) is 1. The number of aromatic nitrogens is 2. The Bertz CT molecular complexity index is 528. The molecule has 1 unspecified atom stereocenters. The Labute approximate surface area is 106 Å². The van der Waals surface area contributed by atoms with Crippen LogP contribution >= 0.6 is 0 Å². The van der Waals surface area contributed by atoms with Crippen molar-refractivity contribution in [3.05, 3.63) is 48.2 Å². The van der Waals surface area contributed by atoms with Crippen LogP contribution in [0.3, 0.4) is 0 Å². The lowest BCUT2D eigenvalue weighted by Crippen LogP contribution is -2.08. The highest BCUT2D eigenvalue weighted by molar-refractivity contribution is 5.58. The highest BCUT2D eigenvalue weighted by Gasteiger charge is 2.09. The maximum atomic E-state index is 13.2. The van der Waals surface area contributed by atoms with Gasteiger partial charge in [0.1, 0.15) is 11.6 Å². The maximum Gasteiger partial charge on any atom is 0.131 e. The van der Waals surface area contributed by atoms with Crippen LogP contribution in [0.15, 0.2) is 36.5 Å². The molecule has 94 valence electrons. The molecule has 1 heterocycles. The van der Waals surface area contributed by atoms with Gasteiger partial charge in [-0.3, -0.25) is 0 Å². The Morgan fingerprint density at radius 3 is 2.89 bits per heavy atom. The number of rotatable bonds is 4. The summed E-state index contributed by atoms with van der Waals surface area (Å²) in [4.78, 5) is 8.71. The minimum atomic E-state index is -0.261. The Hall–Kier alpha value is -1.81. The quantitative estimate of drug-likeness (QED) is 0.901. The molecule has 1 aromatic heterocycles. The van der Waals surface area contributed by atoms with Crippen LogP contribution in [0.25, 0.3) is 11.3 Å². The van der Waals surface area contributed by atoms with Crippen molar-refractivity contribution in [2.24, 2.45) is 5.73 Å². The van der Waals surface area contributed by atoms with Crippen molar-refractivity contribution >= 4 is 0 Å². The summed E-state index contributed by atoms with van der Waals surface area (Å²) < 4.78 is 13.2. The second-order valence-electron chi connectivity index (χ2n) is 4.29. The lowest BCUT2D eigenvalue weighted by molar-refractivity contribution is 0.628. The molecule has 4 heteroatoms. The molecular weight excluding hydrogens is 229 g/mol. The Morgan fingerprint density at radius 1 is 1.33 bits per heavy atom. The van der Waals surface area contributed by atoms with Gasteiger partial charge in [0, 0.05) is 17.7 Å². The van der Waals surface area contributed by atoms with E-state index in [4.69, 9.17) is 5.73 Å². The van der Waals surface area contributed by atoms with Gasteiger partial charge in [-0.25, -0.2) is 14.4 Å². The summed E-state index contributed by atoms with van der Waals surface area (Å²) in [5.74, 6) is 0.702. The second kappa shape index (κ2) is 5.69. The zero-order valence-electron chi connectivity index (χ0n) is 10.3. The molecule has 2 rings (SSSR count). The van der Waals surface area contributed by atoms with Gasteiger partial charge in [0.2, 0.25) is 0 Å². The van der Waals surface area contributed by atoms with Crippen molar-refractivity contribution < 1.29 is 4.39 Å². The monoisotopic (exact) mass is 245 g/mol. The fourth-order valence-electron chi connectivity index (χ4n) is 1.80. The third-order valence-corrected chi connectivity index (χ3v) is 2.84. The summed E-state index contributed by atoms with van der Waals surface area (Å²) in [7, 11) is 0. The molecule has 0 aliphatic heterocycles. The SMILES string of the molecule is CC(CCN)c1nccc(-c2cccc(F)c2)n1. The summed E-state index contributed by atoms with van der Waals surface area (Å²) in [5, 5.41) is 0. The average molecular weight is 245 g/mol. The molecule has 0 aliphatic carbocycles. The second-order valence-corrected chi connectivity index (χ2v) is 4.29. The van der Waals surface area contributed by atoms with E-state index in [0.29, 0.717) is 6.54 Å². The van der Waals surface area contributed by atoms with Crippen LogP contribution in [0.2, 0.25) is 0 Å². The fourth-order valence-corrected chi connectivity index (χ4v) is 1.80. The Morgan fingerprint density at radius 2 is 2.17 bits per heavy atom. The van der Waals surface area contributed by atoms with E-state index in [-0.39, 0.29) is 11.7 Å². The van der Waals surface area contributed by atoms with Crippen molar-refractivity contribution in [3.8, 4) is 11.3 Å². The predicted molar refractivity (Wildman–Crippen MR) is 69.5 cm³/mol. The standard InChI is InChI=1S/C14H16FN3/c1-10(5-7-16)14-17-8-6-13(18-14)11-3-2-4-12(15)9-11/h2-4,6,8-10H,5,7,16H2,1H3. The van der Waals surface area contributed by atoms with Crippen LogP contribution in [0, 0.1) is 5.82 Å². The van der Waals surface area contributed by atoms with Crippen molar-refractivity contribution in [3.63, 3.8) is 0 Å². The zero-order chi connectivity index (χ0) is 13.0. The molecule has 0 bridgehead atoms. The van der Waals surface area contributed by atoms with E-state index in [1.165, 1.54) is 12.1 Å². The molecule has 0 saturated carbocycles. The van der Waals surface area contributed by atoms with Crippen molar-refractivity contribution in [1.29, 1.82) is 0 Å². The van der Waals surface area contributed by atoms with E-state index in [9.17, 15) is 4.39 Å². The number of nitrogens with two attached hydrogens (primary N) is 1. The van der Waals surface area contributed by atoms with Gasteiger partial charge < -0.3 is 5.73 Å². The summed E-state index contributed by atoms with van der Waals surface area (Å²) in [5.41, 5.74) is 7.03. The number of halogens is 1.